The summed E-state index contributed by atoms with van der Waals surface area (Å²) in [6, 6.07) is 1.42. The zero-order chi connectivity index (χ0) is 19.9. The topological polar surface area (TPSA) is 95.2 Å². The summed E-state index contributed by atoms with van der Waals surface area (Å²) in [5, 5.41) is 0. The second-order valence-electron chi connectivity index (χ2n) is 9.12. The Morgan fingerprint density at radius 1 is 0.750 bits per heavy atom. The Balaban J connectivity index is 0.000000162. The van der Waals surface area contributed by atoms with Gasteiger partial charge in [0, 0.05) is 0 Å². The molecule has 0 bridgehead atoms. The lowest BCUT2D eigenvalue weighted by atomic mass is 9.82. The summed E-state index contributed by atoms with van der Waals surface area (Å²) in [6.45, 7) is 4.14. The lowest BCUT2D eigenvalue weighted by Gasteiger charge is -2.26. The highest BCUT2D eigenvalue weighted by Crippen LogP contribution is 2.32. The number of nitrogens with two attached hydrogens (primary N) is 2. The predicted molar refractivity (Wildman–Crippen MR) is 114 cm³/mol. The van der Waals surface area contributed by atoms with E-state index >= 15 is 0 Å². The van der Waals surface area contributed by atoms with E-state index in [9.17, 15) is 0 Å². The van der Waals surface area contributed by atoms with Gasteiger partial charge < -0.3 is 20.9 Å². The third-order valence-corrected chi connectivity index (χ3v) is 6.93. The van der Waals surface area contributed by atoms with Crippen LogP contribution in [0.5, 0.6) is 0 Å². The summed E-state index contributed by atoms with van der Waals surface area (Å²) >= 11 is 0. The maximum absolute atomic E-state index is 5.55. The highest BCUT2D eigenvalue weighted by Gasteiger charge is 2.33. The first-order valence-electron chi connectivity index (χ1n) is 11.5. The van der Waals surface area contributed by atoms with Crippen molar-refractivity contribution >= 4 is 12.0 Å². The van der Waals surface area contributed by atoms with Crippen LogP contribution in [0.1, 0.15) is 90.9 Å². The monoisotopic (exact) mass is 392 g/mol. The number of hydrogen-bond donors (Lipinski definition) is 2. The fraction of sp³-hybridized carbons (Fsp3) is 0.909. The molecule has 0 aromatic carbocycles. The van der Waals surface area contributed by atoms with E-state index in [-0.39, 0.29) is 12.2 Å². The van der Waals surface area contributed by atoms with Crippen molar-refractivity contribution < 1.29 is 9.47 Å². The molecule has 4 atom stereocenters. The second kappa shape index (κ2) is 10.4. The van der Waals surface area contributed by atoms with Gasteiger partial charge in [0.1, 0.15) is 12.2 Å². The fourth-order valence-corrected chi connectivity index (χ4v) is 5.26. The molecule has 0 aromatic heterocycles. The summed E-state index contributed by atoms with van der Waals surface area (Å²) in [7, 11) is 0. The Hall–Kier alpha value is -1.46. The molecular formula is C22H40N4O2. The third kappa shape index (κ3) is 6.02. The van der Waals surface area contributed by atoms with Crippen molar-refractivity contribution in [3.8, 4) is 0 Å². The van der Waals surface area contributed by atoms with E-state index in [1.807, 2.05) is 0 Å². The highest BCUT2D eigenvalue weighted by molar-refractivity contribution is 5.73. The van der Waals surface area contributed by atoms with Crippen LogP contribution in [0.4, 0.5) is 0 Å². The van der Waals surface area contributed by atoms with Crippen molar-refractivity contribution in [1.29, 1.82) is 0 Å². The van der Waals surface area contributed by atoms with E-state index in [1.54, 1.807) is 0 Å². The molecule has 2 unspecified atom stereocenters. The highest BCUT2D eigenvalue weighted by atomic mass is 16.5. The van der Waals surface area contributed by atoms with Gasteiger partial charge in [-0.15, -0.1) is 0 Å². The smallest absolute Gasteiger partial charge is 0.282 e. The molecule has 6 nitrogen and oxygen atoms in total. The zero-order valence-corrected chi connectivity index (χ0v) is 17.8. The van der Waals surface area contributed by atoms with Gasteiger partial charge in [-0.3, -0.25) is 0 Å². The number of hydrogen-bond acceptors (Lipinski definition) is 6. The van der Waals surface area contributed by atoms with Gasteiger partial charge in [0.15, 0.2) is 0 Å². The van der Waals surface area contributed by atoms with Crippen molar-refractivity contribution in [2.24, 2.45) is 33.3 Å². The molecule has 4 rings (SSSR count). The normalized spacial score (nSPS) is 33.9. The van der Waals surface area contributed by atoms with Crippen LogP contribution >= 0.6 is 0 Å². The van der Waals surface area contributed by atoms with Crippen LogP contribution in [0, 0.1) is 11.8 Å². The summed E-state index contributed by atoms with van der Waals surface area (Å²) in [6.07, 6.45) is 16.6. The van der Waals surface area contributed by atoms with Gasteiger partial charge in [-0.1, -0.05) is 51.4 Å². The van der Waals surface area contributed by atoms with Gasteiger partial charge in [-0.25, -0.2) is 9.98 Å². The Labute approximate surface area is 170 Å². The molecule has 4 N–H and O–H groups in total. The lowest BCUT2D eigenvalue weighted by Crippen LogP contribution is -2.29. The van der Waals surface area contributed by atoms with Crippen molar-refractivity contribution in [1.82, 2.24) is 0 Å². The van der Waals surface area contributed by atoms with Gasteiger partial charge in [0.2, 0.25) is 0 Å². The van der Waals surface area contributed by atoms with Gasteiger partial charge in [0.05, 0.1) is 12.1 Å². The van der Waals surface area contributed by atoms with Crippen molar-refractivity contribution in [3.05, 3.63) is 0 Å². The summed E-state index contributed by atoms with van der Waals surface area (Å²) in [4.78, 5) is 8.69. The van der Waals surface area contributed by atoms with E-state index in [0.717, 1.165) is 12.3 Å². The quantitative estimate of drug-likeness (QED) is 0.752. The van der Waals surface area contributed by atoms with Crippen LogP contribution in [-0.4, -0.2) is 36.3 Å². The molecule has 0 saturated heterocycles. The molecule has 28 heavy (non-hydrogen) atoms. The third-order valence-electron chi connectivity index (χ3n) is 6.93. The van der Waals surface area contributed by atoms with Crippen LogP contribution < -0.4 is 11.5 Å². The second-order valence-corrected chi connectivity index (χ2v) is 9.12. The number of nitrogens with zero attached hydrogens (tertiary/aromatic N) is 2. The van der Waals surface area contributed by atoms with Gasteiger partial charge in [0.25, 0.3) is 12.0 Å². The van der Waals surface area contributed by atoms with Crippen LogP contribution in [0.15, 0.2) is 9.98 Å². The molecule has 0 amide bonds. The molecule has 0 spiro atoms. The minimum atomic E-state index is 0.189. The van der Waals surface area contributed by atoms with E-state index in [4.69, 9.17) is 20.9 Å². The zero-order valence-electron chi connectivity index (χ0n) is 17.8. The standard InChI is InChI=1S/C12H22N2O.C10H18N2O/c1-9-11(14-12(13)15-9)8-7-10-5-3-2-4-6-10;1-7-9(12-10(11)13-7)8-5-3-2-4-6-8/h9-11H,2-8H2,1H3,(H2,13,14);7-9H,2-6H2,1H3,(H2,11,12)/t9-,11-;/m0./s1. The van der Waals surface area contributed by atoms with Crippen LogP contribution in [0.25, 0.3) is 0 Å². The number of amidine groups is 2. The van der Waals surface area contributed by atoms with Crippen molar-refractivity contribution in [2.45, 2.75) is 115 Å². The van der Waals surface area contributed by atoms with E-state index < -0.39 is 0 Å². The summed E-state index contributed by atoms with van der Waals surface area (Å²) < 4.78 is 10.7. The SMILES string of the molecule is CC1OC(N)=NC1C1CCCCC1.C[C@@H]1OC(N)=N[C@H]1CCC1CCCCC1. The Bertz CT molecular complexity index is 539. The molecule has 2 fully saturated rings. The van der Waals surface area contributed by atoms with E-state index in [1.165, 1.54) is 70.6 Å². The molecule has 2 aliphatic carbocycles. The van der Waals surface area contributed by atoms with Crippen LogP contribution in [0.2, 0.25) is 0 Å². The Kier molecular flexibility index (Phi) is 7.86. The minimum absolute atomic E-state index is 0.189. The van der Waals surface area contributed by atoms with Crippen LogP contribution in [-0.2, 0) is 9.47 Å². The number of ether oxygens (including phenoxy) is 2. The predicted octanol–water partition coefficient (Wildman–Crippen LogP) is 4.12. The maximum atomic E-state index is 5.55. The molecular weight excluding hydrogens is 352 g/mol. The van der Waals surface area contributed by atoms with E-state index in [0.29, 0.717) is 30.0 Å². The number of aliphatic imine (C=N–C) groups is 2. The molecule has 2 saturated carbocycles. The van der Waals surface area contributed by atoms with Crippen molar-refractivity contribution in [3.63, 3.8) is 0 Å². The largest absolute Gasteiger partial charge is 0.460 e. The average molecular weight is 393 g/mol. The van der Waals surface area contributed by atoms with Crippen molar-refractivity contribution in [2.75, 3.05) is 0 Å². The summed E-state index contributed by atoms with van der Waals surface area (Å²) in [5.74, 6) is 1.65. The first-order chi connectivity index (χ1) is 13.5. The first kappa shape index (κ1) is 21.3. The van der Waals surface area contributed by atoms with Gasteiger partial charge in [-0.05, 0) is 51.4 Å². The fourth-order valence-electron chi connectivity index (χ4n) is 5.26. The molecule has 0 radical (unpaired) electrons. The first-order valence-corrected chi connectivity index (χ1v) is 11.5. The Morgan fingerprint density at radius 3 is 1.86 bits per heavy atom. The Morgan fingerprint density at radius 2 is 1.32 bits per heavy atom. The van der Waals surface area contributed by atoms with Gasteiger partial charge in [-0.2, -0.15) is 0 Å². The molecule has 4 aliphatic rings. The average Bonchev–Trinajstić information content (AvgIpc) is 3.21. The van der Waals surface area contributed by atoms with Crippen LogP contribution in [0.3, 0.4) is 0 Å². The van der Waals surface area contributed by atoms with E-state index in [2.05, 4.69) is 23.8 Å². The molecule has 2 heterocycles. The lowest BCUT2D eigenvalue weighted by molar-refractivity contribution is 0.162. The maximum Gasteiger partial charge on any atom is 0.282 e. The van der Waals surface area contributed by atoms with Gasteiger partial charge >= 0.3 is 0 Å². The number of rotatable bonds is 4. The molecule has 0 aromatic rings. The summed E-state index contributed by atoms with van der Waals surface area (Å²) in [5.41, 5.74) is 11.1. The minimum Gasteiger partial charge on any atom is -0.460 e. The molecule has 2 aliphatic heterocycles. The molecule has 160 valence electrons. The molecule has 6 heteroatoms.